The molecule has 1 aromatic rings. The number of aromatic amines is 1. The van der Waals surface area contributed by atoms with E-state index in [1.807, 2.05) is 5.43 Å². The van der Waals surface area contributed by atoms with Crippen molar-refractivity contribution in [3.8, 4) is 0 Å². The van der Waals surface area contributed by atoms with E-state index in [1.165, 1.54) is 12.3 Å². The first-order chi connectivity index (χ1) is 9.53. The lowest BCUT2D eigenvalue weighted by Crippen LogP contribution is -2.34. The van der Waals surface area contributed by atoms with Crippen LogP contribution in [0.25, 0.3) is 0 Å². The van der Waals surface area contributed by atoms with Crippen LogP contribution in [-0.4, -0.2) is 25.4 Å². The van der Waals surface area contributed by atoms with Crippen molar-refractivity contribution in [2.45, 2.75) is 49.5 Å². The van der Waals surface area contributed by atoms with Gasteiger partial charge in [0.1, 0.15) is 10.6 Å². The molecule has 1 aliphatic rings. The monoisotopic (exact) mass is 300 g/mol. The van der Waals surface area contributed by atoms with Gasteiger partial charge in [-0.05, 0) is 18.9 Å². The van der Waals surface area contributed by atoms with Crippen LogP contribution in [0.2, 0.25) is 0 Å². The molecule has 0 unspecified atom stereocenters. The number of nitrogens with one attached hydrogen (secondary N) is 3. The smallest absolute Gasteiger partial charge is 0.281 e. The van der Waals surface area contributed by atoms with E-state index in [4.69, 9.17) is 5.84 Å². The molecule has 112 valence electrons. The summed E-state index contributed by atoms with van der Waals surface area (Å²) in [7, 11) is -3.60. The molecule has 0 atom stereocenters. The number of amides is 1. The van der Waals surface area contributed by atoms with Crippen LogP contribution in [0.4, 0.5) is 0 Å². The number of H-pyrrole nitrogens is 1. The van der Waals surface area contributed by atoms with Crippen molar-refractivity contribution >= 4 is 15.9 Å². The molecule has 5 N–H and O–H groups in total. The molecule has 0 spiro atoms. The topological polar surface area (TPSA) is 117 Å². The van der Waals surface area contributed by atoms with Gasteiger partial charge in [-0.15, -0.1) is 0 Å². The number of hydrogen-bond donors (Lipinski definition) is 4. The SMILES string of the molecule is NNC(=O)c1cc(S(=O)(=O)NC2CCCCCC2)c[nH]1. The molecule has 1 saturated carbocycles. The van der Waals surface area contributed by atoms with Crippen molar-refractivity contribution in [1.29, 1.82) is 0 Å². The predicted octanol–water partition coefficient (Wildman–Crippen LogP) is 0.619. The molecule has 0 saturated heterocycles. The van der Waals surface area contributed by atoms with Gasteiger partial charge in [0.15, 0.2) is 0 Å². The molecule has 2 rings (SSSR count). The number of nitrogens with two attached hydrogens (primary N) is 1. The van der Waals surface area contributed by atoms with Gasteiger partial charge in [0.05, 0.1) is 0 Å². The maximum Gasteiger partial charge on any atom is 0.281 e. The summed E-state index contributed by atoms with van der Waals surface area (Å²) in [5.74, 6) is 4.45. The Morgan fingerprint density at radius 2 is 1.90 bits per heavy atom. The van der Waals surface area contributed by atoms with E-state index in [2.05, 4.69) is 9.71 Å². The van der Waals surface area contributed by atoms with Crippen molar-refractivity contribution in [2.24, 2.45) is 5.84 Å². The first-order valence-corrected chi connectivity index (χ1v) is 8.23. The minimum atomic E-state index is -3.60. The lowest BCUT2D eigenvalue weighted by atomic mass is 10.1. The molecule has 7 nitrogen and oxygen atoms in total. The summed E-state index contributed by atoms with van der Waals surface area (Å²) in [6.07, 6.45) is 7.41. The molecule has 1 aromatic heterocycles. The first-order valence-electron chi connectivity index (χ1n) is 6.74. The lowest BCUT2D eigenvalue weighted by Gasteiger charge is -2.15. The fraction of sp³-hybridized carbons (Fsp3) is 0.583. The van der Waals surface area contributed by atoms with Crippen molar-refractivity contribution in [2.75, 3.05) is 0 Å². The van der Waals surface area contributed by atoms with Crippen LogP contribution in [0.15, 0.2) is 17.2 Å². The van der Waals surface area contributed by atoms with Gasteiger partial charge < -0.3 is 4.98 Å². The predicted molar refractivity (Wildman–Crippen MR) is 74.3 cm³/mol. The molecular formula is C12H20N4O3S. The Balaban J connectivity index is 2.09. The summed E-state index contributed by atoms with van der Waals surface area (Å²) in [5.41, 5.74) is 2.07. The third-order valence-electron chi connectivity index (χ3n) is 3.52. The van der Waals surface area contributed by atoms with Gasteiger partial charge in [-0.25, -0.2) is 19.0 Å². The lowest BCUT2D eigenvalue weighted by molar-refractivity contribution is 0.0949. The van der Waals surface area contributed by atoms with E-state index in [9.17, 15) is 13.2 Å². The quantitative estimate of drug-likeness (QED) is 0.282. The number of carbonyl (C=O) groups is 1. The second kappa shape index (κ2) is 6.38. The third-order valence-corrected chi connectivity index (χ3v) is 5.02. The van der Waals surface area contributed by atoms with Gasteiger partial charge in [0, 0.05) is 12.2 Å². The highest BCUT2D eigenvalue weighted by molar-refractivity contribution is 7.89. The average Bonchev–Trinajstić information content (AvgIpc) is 2.79. The Kier molecular flexibility index (Phi) is 4.79. The number of rotatable bonds is 4. The van der Waals surface area contributed by atoms with Crippen LogP contribution in [0.5, 0.6) is 0 Å². The minimum Gasteiger partial charge on any atom is -0.356 e. The van der Waals surface area contributed by atoms with Crippen LogP contribution >= 0.6 is 0 Å². The van der Waals surface area contributed by atoms with Crippen LogP contribution < -0.4 is 16.0 Å². The largest absolute Gasteiger partial charge is 0.356 e. The maximum atomic E-state index is 12.2. The summed E-state index contributed by atoms with van der Waals surface area (Å²) in [6, 6.07) is 1.26. The highest BCUT2D eigenvalue weighted by Crippen LogP contribution is 2.19. The fourth-order valence-corrected chi connectivity index (χ4v) is 3.72. The molecule has 1 fully saturated rings. The maximum absolute atomic E-state index is 12.2. The van der Waals surface area contributed by atoms with Crippen molar-refractivity contribution in [3.63, 3.8) is 0 Å². The summed E-state index contributed by atoms with van der Waals surface area (Å²) in [6.45, 7) is 0. The summed E-state index contributed by atoms with van der Waals surface area (Å²) in [5, 5.41) is 0. The van der Waals surface area contributed by atoms with Crippen LogP contribution in [-0.2, 0) is 10.0 Å². The third kappa shape index (κ3) is 3.59. The zero-order valence-corrected chi connectivity index (χ0v) is 12.0. The molecule has 1 amide bonds. The zero-order chi connectivity index (χ0) is 14.6. The van der Waals surface area contributed by atoms with Crippen LogP contribution in [0.1, 0.15) is 49.0 Å². The Morgan fingerprint density at radius 3 is 2.50 bits per heavy atom. The summed E-state index contributed by atoms with van der Waals surface area (Å²) >= 11 is 0. The van der Waals surface area contributed by atoms with Gasteiger partial charge in [-0.1, -0.05) is 25.7 Å². The highest BCUT2D eigenvalue weighted by Gasteiger charge is 2.23. The van der Waals surface area contributed by atoms with E-state index >= 15 is 0 Å². The van der Waals surface area contributed by atoms with E-state index in [0.717, 1.165) is 38.5 Å². The fourth-order valence-electron chi connectivity index (χ4n) is 2.42. The summed E-state index contributed by atoms with van der Waals surface area (Å²) < 4.78 is 27.2. The molecule has 0 bridgehead atoms. The molecule has 20 heavy (non-hydrogen) atoms. The second-order valence-corrected chi connectivity index (χ2v) is 6.75. The van der Waals surface area contributed by atoms with Crippen molar-refractivity contribution in [3.05, 3.63) is 18.0 Å². The van der Waals surface area contributed by atoms with E-state index in [-0.39, 0.29) is 16.6 Å². The van der Waals surface area contributed by atoms with Crippen LogP contribution in [0, 0.1) is 0 Å². The molecule has 8 heteroatoms. The summed E-state index contributed by atoms with van der Waals surface area (Å²) in [4.78, 5) is 14.0. The Bertz CT molecular complexity index is 559. The number of hydrazine groups is 1. The Labute approximate surface area is 118 Å². The van der Waals surface area contributed by atoms with Crippen molar-refractivity contribution < 1.29 is 13.2 Å². The second-order valence-electron chi connectivity index (χ2n) is 5.03. The van der Waals surface area contributed by atoms with Gasteiger partial charge >= 0.3 is 0 Å². The highest BCUT2D eigenvalue weighted by atomic mass is 32.2. The average molecular weight is 300 g/mol. The van der Waals surface area contributed by atoms with E-state index < -0.39 is 15.9 Å². The zero-order valence-electron chi connectivity index (χ0n) is 11.2. The molecule has 1 aliphatic carbocycles. The number of nitrogen functional groups attached to an aromatic ring is 1. The van der Waals surface area contributed by atoms with Gasteiger partial charge in [-0.3, -0.25) is 10.2 Å². The molecule has 0 aliphatic heterocycles. The standard InChI is InChI=1S/C12H20N4O3S/c13-15-12(17)11-7-10(8-14-11)20(18,19)16-9-5-3-1-2-4-6-9/h7-9,14,16H,1-6,13H2,(H,15,17). The number of carbonyl (C=O) groups excluding carboxylic acids is 1. The van der Waals surface area contributed by atoms with Gasteiger partial charge in [0.2, 0.25) is 10.0 Å². The van der Waals surface area contributed by atoms with Crippen LogP contribution in [0.3, 0.4) is 0 Å². The molecular weight excluding hydrogens is 280 g/mol. The Hall–Kier alpha value is -1.38. The molecule has 1 heterocycles. The number of hydrogen-bond acceptors (Lipinski definition) is 4. The van der Waals surface area contributed by atoms with Gasteiger partial charge in [0.25, 0.3) is 5.91 Å². The molecule has 0 aromatic carbocycles. The minimum absolute atomic E-state index is 0.0239. The van der Waals surface area contributed by atoms with E-state index in [1.54, 1.807) is 0 Å². The molecule has 0 radical (unpaired) electrons. The Morgan fingerprint density at radius 1 is 1.25 bits per heavy atom. The van der Waals surface area contributed by atoms with E-state index in [0.29, 0.717) is 0 Å². The van der Waals surface area contributed by atoms with Crippen molar-refractivity contribution in [1.82, 2.24) is 15.1 Å². The number of sulfonamides is 1. The normalized spacial score (nSPS) is 17.6. The first kappa shape index (κ1) is 15.0. The number of aromatic nitrogens is 1. The van der Waals surface area contributed by atoms with Gasteiger partial charge in [-0.2, -0.15) is 0 Å².